The molecule has 1 aromatic heterocycles. The molecule has 0 radical (unpaired) electrons. The minimum Gasteiger partial charge on any atom is -0.395 e. The summed E-state index contributed by atoms with van der Waals surface area (Å²) in [6, 6.07) is 8.28. The van der Waals surface area contributed by atoms with Crippen LogP contribution in [0.2, 0.25) is 0 Å². The molecule has 5 nitrogen and oxygen atoms in total. The van der Waals surface area contributed by atoms with Gasteiger partial charge in [0.1, 0.15) is 5.82 Å². The van der Waals surface area contributed by atoms with Crippen molar-refractivity contribution < 1.29 is 5.11 Å². The van der Waals surface area contributed by atoms with Crippen LogP contribution in [0.3, 0.4) is 0 Å². The number of β-amino-alcohol motifs (C(OH)–C–C–N with tert-alkyl or cyclic N) is 1. The Morgan fingerprint density at radius 3 is 2.50 bits per heavy atom. The summed E-state index contributed by atoms with van der Waals surface area (Å²) in [5.41, 5.74) is 2.27. The van der Waals surface area contributed by atoms with Gasteiger partial charge in [0.15, 0.2) is 0 Å². The molecule has 2 aromatic rings. The van der Waals surface area contributed by atoms with Crippen molar-refractivity contribution in [1.29, 1.82) is 0 Å². The Morgan fingerprint density at radius 1 is 1.10 bits per heavy atom. The molecule has 2 heterocycles. The molecule has 108 valence electrons. The van der Waals surface area contributed by atoms with Gasteiger partial charge in [-0.15, -0.1) is 0 Å². The predicted octanol–water partition coefficient (Wildman–Crippen LogP) is 0.683. The van der Waals surface area contributed by atoms with Gasteiger partial charge in [0.2, 0.25) is 0 Å². The molecule has 1 aliphatic rings. The summed E-state index contributed by atoms with van der Waals surface area (Å²) in [6.45, 7) is 6.10. The number of piperazine rings is 1. The summed E-state index contributed by atoms with van der Waals surface area (Å²) in [5, 5.41) is 8.97. The Morgan fingerprint density at radius 2 is 1.80 bits per heavy atom. The van der Waals surface area contributed by atoms with Crippen LogP contribution in [-0.4, -0.2) is 63.8 Å². The van der Waals surface area contributed by atoms with E-state index in [-0.39, 0.29) is 6.61 Å². The fraction of sp³-hybridized carbons (Fsp3) is 0.533. The number of fused-ring (bicyclic) bond motifs is 1. The zero-order valence-corrected chi connectivity index (χ0v) is 12.0. The first-order valence-corrected chi connectivity index (χ1v) is 7.24. The highest BCUT2D eigenvalue weighted by molar-refractivity contribution is 5.75. The number of imidazole rings is 1. The molecule has 0 spiro atoms. The first-order chi connectivity index (χ1) is 9.78. The topological polar surface area (TPSA) is 44.5 Å². The van der Waals surface area contributed by atoms with Gasteiger partial charge in [0, 0.05) is 39.8 Å². The number of aliphatic hydroxyl groups is 1. The summed E-state index contributed by atoms with van der Waals surface area (Å²) in [4.78, 5) is 9.48. The van der Waals surface area contributed by atoms with Crippen LogP contribution in [0, 0.1) is 0 Å². The second kappa shape index (κ2) is 5.91. The molecule has 0 bridgehead atoms. The highest BCUT2D eigenvalue weighted by atomic mass is 16.3. The van der Waals surface area contributed by atoms with E-state index in [0.29, 0.717) is 0 Å². The molecule has 5 heteroatoms. The monoisotopic (exact) mass is 274 g/mol. The van der Waals surface area contributed by atoms with E-state index in [1.54, 1.807) is 0 Å². The fourth-order valence-corrected chi connectivity index (χ4v) is 2.85. The molecule has 20 heavy (non-hydrogen) atoms. The third kappa shape index (κ3) is 2.70. The van der Waals surface area contributed by atoms with Gasteiger partial charge in [0.05, 0.1) is 24.2 Å². The predicted molar refractivity (Wildman–Crippen MR) is 79.5 cm³/mol. The normalized spacial score (nSPS) is 17.9. The lowest BCUT2D eigenvalue weighted by Crippen LogP contribution is -2.46. The van der Waals surface area contributed by atoms with E-state index < -0.39 is 0 Å². The standard InChI is InChI=1S/C15H22N4O/c1-17-14-5-3-2-4-13(14)16-15(17)12-19-8-6-18(7-9-19)10-11-20/h2-5,20H,6-12H2,1H3. The van der Waals surface area contributed by atoms with Gasteiger partial charge in [-0.05, 0) is 12.1 Å². The van der Waals surface area contributed by atoms with Crippen molar-refractivity contribution in [2.45, 2.75) is 6.54 Å². The lowest BCUT2D eigenvalue weighted by Gasteiger charge is -2.34. The average Bonchev–Trinajstić information content (AvgIpc) is 2.79. The molecular formula is C15H22N4O. The molecule has 0 unspecified atom stereocenters. The van der Waals surface area contributed by atoms with Gasteiger partial charge in [-0.1, -0.05) is 12.1 Å². The second-order valence-corrected chi connectivity index (χ2v) is 5.42. The van der Waals surface area contributed by atoms with Crippen molar-refractivity contribution in [3.8, 4) is 0 Å². The van der Waals surface area contributed by atoms with E-state index in [2.05, 4.69) is 39.6 Å². The minimum atomic E-state index is 0.255. The lowest BCUT2D eigenvalue weighted by molar-refractivity contribution is 0.106. The number of benzene rings is 1. The molecule has 3 rings (SSSR count). The van der Waals surface area contributed by atoms with Gasteiger partial charge in [-0.2, -0.15) is 0 Å². The van der Waals surface area contributed by atoms with Gasteiger partial charge in [-0.25, -0.2) is 4.98 Å². The average molecular weight is 274 g/mol. The van der Waals surface area contributed by atoms with Crippen molar-refractivity contribution in [2.24, 2.45) is 7.05 Å². The molecule has 0 aliphatic carbocycles. The van der Waals surface area contributed by atoms with Crippen molar-refractivity contribution in [3.05, 3.63) is 30.1 Å². The van der Waals surface area contributed by atoms with E-state index in [1.807, 2.05) is 6.07 Å². The third-order valence-electron chi connectivity index (χ3n) is 4.13. The van der Waals surface area contributed by atoms with Crippen molar-refractivity contribution >= 4 is 11.0 Å². The smallest absolute Gasteiger partial charge is 0.123 e. The van der Waals surface area contributed by atoms with Crippen molar-refractivity contribution in [1.82, 2.24) is 19.4 Å². The van der Waals surface area contributed by atoms with E-state index >= 15 is 0 Å². The third-order valence-corrected chi connectivity index (χ3v) is 4.13. The zero-order chi connectivity index (χ0) is 13.9. The number of para-hydroxylation sites is 2. The Kier molecular flexibility index (Phi) is 4.00. The molecular weight excluding hydrogens is 252 g/mol. The quantitative estimate of drug-likeness (QED) is 0.890. The molecule has 1 fully saturated rings. The Hall–Kier alpha value is -1.43. The largest absolute Gasteiger partial charge is 0.395 e. The summed E-state index contributed by atoms with van der Waals surface area (Å²) < 4.78 is 2.19. The van der Waals surface area contributed by atoms with Gasteiger partial charge in [-0.3, -0.25) is 9.80 Å². The SMILES string of the molecule is Cn1c(CN2CCN(CCO)CC2)nc2ccccc21. The van der Waals surface area contributed by atoms with Crippen LogP contribution in [-0.2, 0) is 13.6 Å². The summed E-state index contributed by atoms with van der Waals surface area (Å²) in [5.74, 6) is 1.13. The molecule has 1 aliphatic heterocycles. The molecule has 1 N–H and O–H groups in total. The lowest BCUT2D eigenvalue weighted by atomic mass is 10.3. The number of aryl methyl sites for hydroxylation is 1. The number of nitrogens with zero attached hydrogens (tertiary/aromatic N) is 4. The Balaban J connectivity index is 1.67. The number of hydrogen-bond donors (Lipinski definition) is 1. The highest BCUT2D eigenvalue weighted by Gasteiger charge is 2.18. The van der Waals surface area contributed by atoms with Gasteiger partial charge < -0.3 is 9.67 Å². The highest BCUT2D eigenvalue weighted by Crippen LogP contribution is 2.16. The van der Waals surface area contributed by atoms with Gasteiger partial charge in [0.25, 0.3) is 0 Å². The fourth-order valence-electron chi connectivity index (χ4n) is 2.85. The Labute approximate surface area is 119 Å². The molecule has 0 amide bonds. The molecule has 0 saturated carbocycles. The van der Waals surface area contributed by atoms with Crippen LogP contribution in [0.4, 0.5) is 0 Å². The van der Waals surface area contributed by atoms with E-state index in [1.165, 1.54) is 5.52 Å². The summed E-state index contributed by atoms with van der Waals surface area (Å²) in [6.07, 6.45) is 0. The molecule has 0 atom stereocenters. The summed E-state index contributed by atoms with van der Waals surface area (Å²) >= 11 is 0. The maximum absolute atomic E-state index is 8.97. The first-order valence-electron chi connectivity index (χ1n) is 7.24. The number of aromatic nitrogens is 2. The first kappa shape index (κ1) is 13.5. The van der Waals surface area contributed by atoms with Crippen molar-refractivity contribution in [2.75, 3.05) is 39.3 Å². The van der Waals surface area contributed by atoms with Crippen LogP contribution in [0.1, 0.15) is 5.82 Å². The second-order valence-electron chi connectivity index (χ2n) is 5.42. The minimum absolute atomic E-state index is 0.255. The maximum Gasteiger partial charge on any atom is 0.123 e. The van der Waals surface area contributed by atoms with Crippen LogP contribution < -0.4 is 0 Å². The van der Waals surface area contributed by atoms with E-state index in [0.717, 1.165) is 50.6 Å². The van der Waals surface area contributed by atoms with Crippen LogP contribution in [0.5, 0.6) is 0 Å². The van der Waals surface area contributed by atoms with Crippen molar-refractivity contribution in [3.63, 3.8) is 0 Å². The zero-order valence-electron chi connectivity index (χ0n) is 12.0. The number of rotatable bonds is 4. The van der Waals surface area contributed by atoms with Crippen LogP contribution in [0.25, 0.3) is 11.0 Å². The maximum atomic E-state index is 8.97. The summed E-state index contributed by atoms with van der Waals surface area (Å²) in [7, 11) is 2.09. The number of aliphatic hydroxyl groups excluding tert-OH is 1. The van der Waals surface area contributed by atoms with Crippen LogP contribution >= 0.6 is 0 Å². The van der Waals surface area contributed by atoms with E-state index in [9.17, 15) is 0 Å². The van der Waals surface area contributed by atoms with E-state index in [4.69, 9.17) is 10.1 Å². The molecule has 1 saturated heterocycles. The molecule has 1 aromatic carbocycles. The van der Waals surface area contributed by atoms with Gasteiger partial charge >= 0.3 is 0 Å². The Bertz CT molecular complexity index is 572. The van der Waals surface area contributed by atoms with Crippen LogP contribution in [0.15, 0.2) is 24.3 Å². The number of hydrogen-bond acceptors (Lipinski definition) is 4.